The minimum absolute atomic E-state index is 0.130. The second kappa shape index (κ2) is 8.50. The van der Waals surface area contributed by atoms with E-state index in [1.807, 2.05) is 0 Å². The lowest BCUT2D eigenvalue weighted by Gasteiger charge is -2.20. The molecule has 0 radical (unpaired) electrons. The van der Waals surface area contributed by atoms with Gasteiger partial charge in [-0.25, -0.2) is 8.42 Å². The molecule has 10 heteroatoms. The minimum atomic E-state index is -3.52. The topological polar surface area (TPSA) is 105 Å². The van der Waals surface area contributed by atoms with Crippen LogP contribution in [-0.2, 0) is 14.8 Å². The lowest BCUT2D eigenvalue weighted by molar-refractivity contribution is -0.121. The molecule has 1 aliphatic rings. The van der Waals surface area contributed by atoms with Gasteiger partial charge < -0.3 is 15.4 Å². The summed E-state index contributed by atoms with van der Waals surface area (Å²) in [7, 11) is -3.52. The summed E-state index contributed by atoms with van der Waals surface area (Å²) in [5.74, 6) is -0.401. The largest absolute Gasteiger partial charge is 0.491 e. The van der Waals surface area contributed by atoms with Gasteiger partial charge in [-0.05, 0) is 24.6 Å². The standard InChI is InChI=1S/C15H20ClN3O5S/c1-25(22,23)19-7-2-5-18-15(21)12-9-11(16)3-4-13(12)24-8-6-17-14(20)10-19/h3-4,9H,2,5-8,10H2,1H3,(H,17,20)(H,18,21). The van der Waals surface area contributed by atoms with Gasteiger partial charge in [0.15, 0.2) is 0 Å². The molecule has 1 heterocycles. The Hall–Kier alpha value is -1.84. The first-order valence-electron chi connectivity index (χ1n) is 7.70. The van der Waals surface area contributed by atoms with E-state index in [-0.39, 0.29) is 44.3 Å². The number of hydrogen-bond donors (Lipinski definition) is 2. The number of hydrogen-bond acceptors (Lipinski definition) is 5. The number of carbonyl (C=O) groups excluding carboxylic acids is 2. The average molecular weight is 390 g/mol. The van der Waals surface area contributed by atoms with Crippen LogP contribution in [0.5, 0.6) is 5.75 Å². The highest BCUT2D eigenvalue weighted by atomic mass is 35.5. The second-order valence-electron chi connectivity index (χ2n) is 5.54. The van der Waals surface area contributed by atoms with Crippen LogP contribution in [0.2, 0.25) is 5.02 Å². The van der Waals surface area contributed by atoms with Gasteiger partial charge in [0.1, 0.15) is 12.4 Å². The SMILES string of the molecule is CS(=O)(=O)N1CCCNC(=O)c2cc(Cl)ccc2OCCNC(=O)C1. The molecule has 0 spiro atoms. The van der Waals surface area contributed by atoms with Crippen LogP contribution in [0.3, 0.4) is 0 Å². The molecule has 138 valence electrons. The fourth-order valence-corrected chi connectivity index (χ4v) is 3.27. The molecule has 2 amide bonds. The third-order valence-corrected chi connectivity index (χ3v) is 5.01. The molecular formula is C15H20ClN3O5S. The Labute approximate surface area is 151 Å². The minimum Gasteiger partial charge on any atom is -0.491 e. The van der Waals surface area contributed by atoms with Crippen LogP contribution in [0, 0.1) is 0 Å². The van der Waals surface area contributed by atoms with Crippen LogP contribution < -0.4 is 15.4 Å². The van der Waals surface area contributed by atoms with Crippen LogP contribution in [-0.4, -0.2) is 63.6 Å². The zero-order valence-corrected chi connectivity index (χ0v) is 15.3. The molecule has 25 heavy (non-hydrogen) atoms. The van der Waals surface area contributed by atoms with Crippen molar-refractivity contribution in [3.05, 3.63) is 28.8 Å². The number of fused-ring (bicyclic) bond motifs is 1. The summed E-state index contributed by atoms with van der Waals surface area (Å²) in [5, 5.41) is 5.70. The number of rotatable bonds is 1. The first-order chi connectivity index (χ1) is 11.8. The van der Waals surface area contributed by atoms with Gasteiger partial charge in [0.2, 0.25) is 15.9 Å². The molecule has 2 rings (SSSR count). The maximum Gasteiger partial charge on any atom is 0.255 e. The molecule has 1 aromatic rings. The van der Waals surface area contributed by atoms with Gasteiger partial charge in [0, 0.05) is 18.1 Å². The van der Waals surface area contributed by atoms with E-state index in [9.17, 15) is 18.0 Å². The molecule has 0 aliphatic carbocycles. The predicted octanol–water partition coefficient (Wildman–Crippen LogP) is 0.230. The lowest BCUT2D eigenvalue weighted by atomic mass is 10.2. The van der Waals surface area contributed by atoms with Gasteiger partial charge in [-0.2, -0.15) is 4.31 Å². The molecule has 0 saturated heterocycles. The van der Waals surface area contributed by atoms with Crippen LogP contribution in [0.4, 0.5) is 0 Å². The molecule has 0 saturated carbocycles. The third kappa shape index (κ3) is 5.87. The van der Waals surface area contributed by atoms with E-state index < -0.39 is 15.9 Å². The first kappa shape index (κ1) is 19.5. The molecule has 0 unspecified atom stereocenters. The summed E-state index contributed by atoms with van der Waals surface area (Å²) in [6.07, 6.45) is 1.41. The number of benzene rings is 1. The zero-order chi connectivity index (χ0) is 18.4. The van der Waals surface area contributed by atoms with Crippen molar-refractivity contribution in [2.45, 2.75) is 6.42 Å². The Morgan fingerprint density at radius 2 is 1.96 bits per heavy atom. The number of nitrogens with zero attached hydrogens (tertiary/aromatic N) is 1. The second-order valence-corrected chi connectivity index (χ2v) is 7.96. The smallest absolute Gasteiger partial charge is 0.255 e. The summed E-state index contributed by atoms with van der Waals surface area (Å²) in [5.41, 5.74) is 0.288. The number of ether oxygens (including phenoxy) is 1. The Morgan fingerprint density at radius 1 is 1.20 bits per heavy atom. The monoisotopic (exact) mass is 389 g/mol. The molecule has 0 atom stereocenters. The van der Waals surface area contributed by atoms with E-state index in [2.05, 4.69) is 10.6 Å². The summed E-state index contributed by atoms with van der Waals surface area (Å²) < 4.78 is 30.1. The molecule has 1 aliphatic heterocycles. The van der Waals surface area contributed by atoms with Crippen molar-refractivity contribution < 1.29 is 22.7 Å². The van der Waals surface area contributed by atoms with Gasteiger partial charge in [0.05, 0.1) is 24.9 Å². The highest BCUT2D eigenvalue weighted by Gasteiger charge is 2.20. The summed E-state index contributed by atoms with van der Waals surface area (Å²) in [6, 6.07) is 4.70. The van der Waals surface area contributed by atoms with Crippen molar-refractivity contribution in [1.29, 1.82) is 0 Å². The molecule has 0 aromatic heterocycles. The van der Waals surface area contributed by atoms with Crippen molar-refractivity contribution in [1.82, 2.24) is 14.9 Å². The Morgan fingerprint density at radius 3 is 2.68 bits per heavy atom. The summed E-state index contributed by atoms with van der Waals surface area (Å²) in [6.45, 7) is 0.426. The van der Waals surface area contributed by atoms with Crippen molar-refractivity contribution in [2.75, 3.05) is 39.0 Å². The highest BCUT2D eigenvalue weighted by molar-refractivity contribution is 7.88. The Balaban J connectivity index is 2.17. The van der Waals surface area contributed by atoms with E-state index >= 15 is 0 Å². The quantitative estimate of drug-likeness (QED) is 0.715. The lowest BCUT2D eigenvalue weighted by Crippen LogP contribution is -2.42. The van der Waals surface area contributed by atoms with E-state index in [4.69, 9.17) is 16.3 Å². The molecule has 8 nitrogen and oxygen atoms in total. The van der Waals surface area contributed by atoms with Gasteiger partial charge >= 0.3 is 0 Å². The number of nitrogens with one attached hydrogen (secondary N) is 2. The number of amides is 2. The Bertz CT molecular complexity index is 754. The molecule has 0 bridgehead atoms. The maximum atomic E-state index is 12.3. The highest BCUT2D eigenvalue weighted by Crippen LogP contribution is 2.23. The van der Waals surface area contributed by atoms with Crippen molar-refractivity contribution in [3.63, 3.8) is 0 Å². The fourth-order valence-electron chi connectivity index (χ4n) is 2.29. The molecular weight excluding hydrogens is 370 g/mol. The summed E-state index contributed by atoms with van der Waals surface area (Å²) >= 11 is 5.94. The predicted molar refractivity (Wildman–Crippen MR) is 93.3 cm³/mol. The fraction of sp³-hybridized carbons (Fsp3) is 0.467. The van der Waals surface area contributed by atoms with Crippen LogP contribution in [0.15, 0.2) is 18.2 Å². The normalized spacial score (nSPS) is 18.3. The molecule has 0 fully saturated rings. The van der Waals surface area contributed by atoms with Crippen molar-refractivity contribution in [2.24, 2.45) is 0 Å². The number of carbonyl (C=O) groups is 2. The number of sulfonamides is 1. The van der Waals surface area contributed by atoms with E-state index in [0.29, 0.717) is 17.2 Å². The van der Waals surface area contributed by atoms with E-state index in [1.54, 1.807) is 12.1 Å². The zero-order valence-electron chi connectivity index (χ0n) is 13.7. The molecule has 2 N–H and O–H groups in total. The van der Waals surface area contributed by atoms with Gasteiger partial charge in [0.25, 0.3) is 5.91 Å². The first-order valence-corrected chi connectivity index (χ1v) is 9.92. The van der Waals surface area contributed by atoms with Crippen LogP contribution in [0.1, 0.15) is 16.8 Å². The van der Waals surface area contributed by atoms with Crippen LogP contribution >= 0.6 is 11.6 Å². The third-order valence-electron chi connectivity index (χ3n) is 3.53. The van der Waals surface area contributed by atoms with Gasteiger partial charge in [-0.15, -0.1) is 0 Å². The van der Waals surface area contributed by atoms with Crippen LogP contribution in [0.25, 0.3) is 0 Å². The van der Waals surface area contributed by atoms with Crippen molar-refractivity contribution in [3.8, 4) is 5.75 Å². The van der Waals surface area contributed by atoms with E-state index in [0.717, 1.165) is 10.6 Å². The van der Waals surface area contributed by atoms with Gasteiger partial charge in [-0.3, -0.25) is 9.59 Å². The Kier molecular flexibility index (Phi) is 6.63. The van der Waals surface area contributed by atoms with Crippen molar-refractivity contribution >= 4 is 33.4 Å². The maximum absolute atomic E-state index is 12.3. The summed E-state index contributed by atoms with van der Waals surface area (Å²) in [4.78, 5) is 24.2. The number of halogens is 1. The van der Waals surface area contributed by atoms with Gasteiger partial charge in [-0.1, -0.05) is 11.6 Å². The van der Waals surface area contributed by atoms with E-state index in [1.165, 1.54) is 6.07 Å². The average Bonchev–Trinajstić information content (AvgIpc) is 2.53. The molecule has 1 aromatic carbocycles.